The van der Waals surface area contributed by atoms with E-state index in [0.717, 1.165) is 45.3 Å². The fourth-order valence-electron chi connectivity index (χ4n) is 5.23. The Morgan fingerprint density at radius 1 is 0.400 bits per heavy atom. The summed E-state index contributed by atoms with van der Waals surface area (Å²) in [6.45, 7) is 0. The molecule has 250 valence electrons. The molecule has 4 heterocycles. The molecule has 4 nitrogen and oxygen atoms in total. The van der Waals surface area contributed by atoms with Crippen LogP contribution < -0.4 is 9.47 Å². The van der Waals surface area contributed by atoms with Crippen molar-refractivity contribution in [1.82, 2.24) is 0 Å². The van der Waals surface area contributed by atoms with Crippen LogP contribution in [-0.4, -0.2) is 35.0 Å². The molecule has 0 saturated carbocycles. The van der Waals surface area contributed by atoms with Crippen LogP contribution in [0, 0.1) is 0 Å². The highest BCUT2D eigenvalue weighted by Gasteiger charge is 2.33. The second-order valence-corrected chi connectivity index (χ2v) is 20.9. The third-order valence-corrected chi connectivity index (χ3v) is 19.1. The van der Waals surface area contributed by atoms with E-state index in [9.17, 15) is 9.59 Å². The minimum atomic E-state index is -0.383. The Morgan fingerprint density at radius 3 is 1.04 bits per heavy atom. The Morgan fingerprint density at radius 2 is 0.720 bits per heavy atom. The first-order valence-corrected chi connectivity index (χ1v) is 22.8. The highest BCUT2D eigenvalue weighted by Crippen LogP contribution is 2.66. The summed E-state index contributed by atoms with van der Waals surface area (Å²) >= 11 is 15.2. The van der Waals surface area contributed by atoms with Crippen LogP contribution in [0.5, 0.6) is 11.5 Å². The van der Waals surface area contributed by atoms with E-state index in [2.05, 4.69) is 24.3 Å². The summed E-state index contributed by atoms with van der Waals surface area (Å²) in [5.74, 6) is 4.65. The van der Waals surface area contributed by atoms with E-state index in [1.165, 1.54) is 25.4 Å². The van der Waals surface area contributed by atoms with E-state index in [1.54, 1.807) is 24.3 Å². The molecule has 4 aliphatic rings. The van der Waals surface area contributed by atoms with Gasteiger partial charge in [0.15, 0.2) is 0 Å². The van der Waals surface area contributed by atoms with Crippen LogP contribution in [0.15, 0.2) is 135 Å². The van der Waals surface area contributed by atoms with Crippen LogP contribution in [-0.2, 0) is 0 Å². The van der Waals surface area contributed by atoms with Gasteiger partial charge >= 0.3 is 11.9 Å². The third kappa shape index (κ3) is 7.83. The molecule has 0 radical (unpaired) electrons. The lowest BCUT2D eigenvalue weighted by molar-refractivity contribution is 0.0725. The van der Waals surface area contributed by atoms with Gasteiger partial charge in [0.2, 0.25) is 0 Å². The first-order valence-electron chi connectivity index (χ1n) is 15.5. The van der Waals surface area contributed by atoms with Gasteiger partial charge in [0, 0.05) is 34.2 Å². The number of carbonyl (C=O) groups excluding carboxylic acids is 2. The van der Waals surface area contributed by atoms with Crippen LogP contribution >= 0.6 is 94.1 Å². The maximum absolute atomic E-state index is 12.9. The molecular formula is C38H26O4S8. The Bertz CT molecular complexity index is 1880. The number of benzene rings is 4. The van der Waals surface area contributed by atoms with Gasteiger partial charge in [0.05, 0.1) is 36.5 Å². The molecule has 12 heteroatoms. The van der Waals surface area contributed by atoms with Gasteiger partial charge in [-0.15, -0.1) is 47.0 Å². The van der Waals surface area contributed by atoms with Crippen LogP contribution in [0.2, 0.25) is 0 Å². The average molecular weight is 803 g/mol. The van der Waals surface area contributed by atoms with Gasteiger partial charge in [-0.1, -0.05) is 108 Å². The lowest BCUT2D eigenvalue weighted by Gasteiger charge is -2.19. The summed E-state index contributed by atoms with van der Waals surface area (Å²) < 4.78 is 19.5. The van der Waals surface area contributed by atoms with Crippen LogP contribution in [0.1, 0.15) is 31.8 Å². The molecule has 8 rings (SSSR count). The minimum Gasteiger partial charge on any atom is -0.423 e. The normalized spacial score (nSPS) is 17.0. The maximum Gasteiger partial charge on any atom is 0.343 e. The topological polar surface area (TPSA) is 52.6 Å². The van der Waals surface area contributed by atoms with Crippen molar-refractivity contribution in [3.05, 3.63) is 157 Å². The number of hydrogen-bond donors (Lipinski definition) is 0. The fraction of sp³-hybridized carbons (Fsp3) is 0.105. The molecule has 0 atom stereocenters. The maximum atomic E-state index is 12.9. The van der Waals surface area contributed by atoms with Crippen molar-refractivity contribution >= 4 is 117 Å². The van der Waals surface area contributed by atoms with Crippen molar-refractivity contribution in [3.8, 4) is 11.5 Å². The second kappa shape index (κ2) is 16.1. The van der Waals surface area contributed by atoms with Crippen molar-refractivity contribution in [2.75, 3.05) is 23.0 Å². The number of carbonyl (C=O) groups is 2. The summed E-state index contributed by atoms with van der Waals surface area (Å²) in [5, 5.41) is 0. The summed E-state index contributed by atoms with van der Waals surface area (Å²) in [6.07, 6.45) is 0. The molecule has 4 aromatic carbocycles. The Hall–Kier alpha value is -2.42. The Balaban J connectivity index is 1.18. The first-order chi connectivity index (χ1) is 24.6. The smallest absolute Gasteiger partial charge is 0.343 e. The number of ether oxygens (including phenoxy) is 2. The zero-order valence-corrected chi connectivity index (χ0v) is 32.7. The van der Waals surface area contributed by atoms with Crippen molar-refractivity contribution in [1.29, 1.82) is 0 Å². The predicted octanol–water partition coefficient (Wildman–Crippen LogP) is 12.3. The van der Waals surface area contributed by atoms with Gasteiger partial charge in [-0.2, -0.15) is 0 Å². The number of allylic oxidation sites excluding steroid dienone is 2. The SMILES string of the molecule is O=C(Oc1ccc(C(=C2SC3=C(SCCS3)S2)C(=C2SC3=C(SCCS3)S2)c2ccc(OC(=O)c3ccccc3)cc2)cc1)c1ccccc1. The van der Waals surface area contributed by atoms with Crippen LogP contribution in [0.3, 0.4) is 0 Å². The molecule has 0 aromatic heterocycles. The van der Waals surface area contributed by atoms with Crippen molar-refractivity contribution < 1.29 is 19.1 Å². The molecule has 50 heavy (non-hydrogen) atoms. The summed E-state index contributed by atoms with van der Waals surface area (Å²) in [7, 11) is 0. The molecule has 0 amide bonds. The van der Waals surface area contributed by atoms with E-state index in [0.29, 0.717) is 22.6 Å². The Kier molecular flexibility index (Phi) is 11.1. The number of rotatable bonds is 7. The standard InChI is InChI=1S/C38H26O4S8/c39-31(25-7-3-1-4-8-25)41-27-15-11-23(12-16-27)29(33-47-35-36(48-33)44-20-19-43-35)30(34-49-37-38(50-34)46-22-21-45-37)24-13-17-28(18-14-24)42-32(40)26-9-5-2-6-10-26/h1-18H,19-22H2. The molecule has 0 unspecified atom stereocenters. The van der Waals surface area contributed by atoms with E-state index < -0.39 is 0 Å². The molecule has 4 aliphatic heterocycles. The quantitative estimate of drug-likeness (QED) is 0.132. The molecule has 0 N–H and O–H groups in total. The van der Waals surface area contributed by atoms with E-state index in [4.69, 9.17) is 9.47 Å². The fourth-order valence-corrected chi connectivity index (χ4v) is 17.4. The predicted molar refractivity (Wildman–Crippen MR) is 224 cm³/mol. The molecular weight excluding hydrogens is 777 g/mol. The lowest BCUT2D eigenvalue weighted by Crippen LogP contribution is -2.08. The summed E-state index contributed by atoms with van der Waals surface area (Å²) in [6, 6.07) is 33.9. The zero-order valence-electron chi connectivity index (χ0n) is 26.1. The first kappa shape index (κ1) is 34.7. The lowest BCUT2D eigenvalue weighted by atomic mass is 9.94. The van der Waals surface area contributed by atoms with Gasteiger partial charge in [-0.05, 0) is 59.7 Å². The van der Waals surface area contributed by atoms with E-state index in [1.807, 2.05) is 155 Å². The summed E-state index contributed by atoms with van der Waals surface area (Å²) in [4.78, 5) is 25.7. The van der Waals surface area contributed by atoms with Crippen molar-refractivity contribution in [2.45, 2.75) is 0 Å². The van der Waals surface area contributed by atoms with Gasteiger partial charge in [-0.3, -0.25) is 0 Å². The molecule has 4 aromatic rings. The molecule has 0 spiro atoms. The highest BCUT2D eigenvalue weighted by atomic mass is 32.3. The molecule has 0 fully saturated rings. The van der Waals surface area contributed by atoms with Gasteiger partial charge < -0.3 is 9.47 Å². The minimum absolute atomic E-state index is 0.383. The average Bonchev–Trinajstić information content (AvgIpc) is 3.80. The molecule has 0 bridgehead atoms. The zero-order chi connectivity index (χ0) is 33.9. The largest absolute Gasteiger partial charge is 0.423 e. The van der Waals surface area contributed by atoms with Crippen LogP contribution in [0.4, 0.5) is 0 Å². The van der Waals surface area contributed by atoms with Crippen LogP contribution in [0.25, 0.3) is 11.1 Å². The van der Waals surface area contributed by atoms with Gasteiger partial charge in [0.1, 0.15) is 11.5 Å². The Labute approximate surface area is 324 Å². The monoisotopic (exact) mass is 802 g/mol. The molecule has 0 saturated heterocycles. The van der Waals surface area contributed by atoms with Gasteiger partial charge in [-0.25, -0.2) is 9.59 Å². The number of esters is 2. The van der Waals surface area contributed by atoms with Gasteiger partial charge in [0.25, 0.3) is 0 Å². The summed E-state index contributed by atoms with van der Waals surface area (Å²) in [5.41, 5.74) is 5.41. The van der Waals surface area contributed by atoms with Crippen molar-refractivity contribution in [2.24, 2.45) is 0 Å². The number of thioether (sulfide) groups is 8. The number of hydrogen-bond acceptors (Lipinski definition) is 12. The molecule has 0 aliphatic carbocycles. The highest BCUT2D eigenvalue weighted by molar-refractivity contribution is 8.42. The van der Waals surface area contributed by atoms with E-state index in [-0.39, 0.29) is 11.9 Å². The van der Waals surface area contributed by atoms with Crippen molar-refractivity contribution in [3.63, 3.8) is 0 Å². The van der Waals surface area contributed by atoms with E-state index >= 15 is 0 Å². The third-order valence-electron chi connectivity index (χ3n) is 7.56. The second-order valence-electron chi connectivity index (χ2n) is 10.8.